The molecule has 0 aromatic carbocycles. The predicted molar refractivity (Wildman–Crippen MR) is 97.9 cm³/mol. The van der Waals surface area contributed by atoms with Crippen LogP contribution < -0.4 is 5.73 Å². The molecular formula is C20H39NO. The van der Waals surface area contributed by atoms with E-state index in [9.17, 15) is 4.79 Å². The minimum Gasteiger partial charge on any atom is -0.370 e. The molecule has 0 bridgehead atoms. The standard InChI is InChI=1S/C20H39NO/c1-2-3-4-5-6-7-8-9-10-11-12-13-14-15-16-17-18-19-20(21)22/h15-16H,2-14,17-19H2,1H3,(H2,21,22)/b16-15+. The van der Waals surface area contributed by atoms with Crippen molar-refractivity contribution in [1.29, 1.82) is 0 Å². The summed E-state index contributed by atoms with van der Waals surface area (Å²) in [7, 11) is 0. The van der Waals surface area contributed by atoms with Crippen molar-refractivity contribution in [2.75, 3.05) is 0 Å². The fourth-order valence-electron chi connectivity index (χ4n) is 2.73. The van der Waals surface area contributed by atoms with Crippen molar-refractivity contribution >= 4 is 5.91 Å². The maximum absolute atomic E-state index is 10.6. The zero-order chi connectivity index (χ0) is 16.3. The monoisotopic (exact) mass is 309 g/mol. The molecule has 0 radical (unpaired) electrons. The van der Waals surface area contributed by atoms with Crippen LogP contribution in [0, 0.1) is 0 Å². The Bertz CT molecular complexity index is 260. The molecule has 0 aliphatic rings. The number of nitrogens with two attached hydrogens (primary N) is 1. The Hall–Kier alpha value is -0.790. The highest BCUT2D eigenvalue weighted by molar-refractivity contribution is 5.73. The number of allylic oxidation sites excluding steroid dienone is 2. The molecule has 0 aromatic rings. The summed E-state index contributed by atoms with van der Waals surface area (Å²) in [4.78, 5) is 10.6. The highest BCUT2D eigenvalue weighted by atomic mass is 16.1. The lowest BCUT2D eigenvalue weighted by Gasteiger charge is -2.02. The van der Waals surface area contributed by atoms with Crippen LogP contribution in [0.3, 0.4) is 0 Å². The average molecular weight is 310 g/mol. The zero-order valence-electron chi connectivity index (χ0n) is 15.0. The SMILES string of the molecule is CCCCCCCCCCCCCC/C=C/CCCC(N)=O. The summed E-state index contributed by atoms with van der Waals surface area (Å²) in [6, 6.07) is 0. The molecule has 0 heterocycles. The third-order valence-corrected chi connectivity index (χ3v) is 4.18. The van der Waals surface area contributed by atoms with Crippen molar-refractivity contribution < 1.29 is 4.79 Å². The van der Waals surface area contributed by atoms with Crippen LogP contribution >= 0.6 is 0 Å². The molecule has 0 aliphatic heterocycles. The third kappa shape index (κ3) is 19.2. The summed E-state index contributed by atoms with van der Waals surface area (Å²) in [5.41, 5.74) is 5.10. The first-order valence-electron chi connectivity index (χ1n) is 9.70. The molecule has 22 heavy (non-hydrogen) atoms. The van der Waals surface area contributed by atoms with Gasteiger partial charge in [-0.05, 0) is 25.7 Å². The van der Waals surface area contributed by atoms with Crippen LogP contribution in [0.15, 0.2) is 12.2 Å². The van der Waals surface area contributed by atoms with Crippen molar-refractivity contribution in [1.82, 2.24) is 0 Å². The number of carbonyl (C=O) groups is 1. The van der Waals surface area contributed by atoms with Crippen LogP contribution in [-0.4, -0.2) is 5.91 Å². The zero-order valence-corrected chi connectivity index (χ0v) is 15.0. The number of carbonyl (C=O) groups excluding carboxylic acids is 1. The molecule has 0 spiro atoms. The summed E-state index contributed by atoms with van der Waals surface area (Å²) in [5, 5.41) is 0. The van der Waals surface area contributed by atoms with Gasteiger partial charge in [0.2, 0.25) is 5.91 Å². The largest absolute Gasteiger partial charge is 0.370 e. The van der Waals surface area contributed by atoms with Crippen LogP contribution in [-0.2, 0) is 4.79 Å². The van der Waals surface area contributed by atoms with Gasteiger partial charge in [-0.3, -0.25) is 4.79 Å². The van der Waals surface area contributed by atoms with Gasteiger partial charge in [0.05, 0.1) is 0 Å². The number of amides is 1. The van der Waals surface area contributed by atoms with Crippen LogP contribution in [0.5, 0.6) is 0 Å². The second-order valence-electron chi connectivity index (χ2n) is 6.51. The average Bonchev–Trinajstić information content (AvgIpc) is 2.50. The Balaban J connectivity index is 3.05. The van der Waals surface area contributed by atoms with E-state index < -0.39 is 0 Å². The van der Waals surface area contributed by atoms with Crippen LogP contribution in [0.25, 0.3) is 0 Å². The Labute approximate surface area is 138 Å². The molecule has 0 unspecified atom stereocenters. The molecule has 130 valence electrons. The van der Waals surface area contributed by atoms with Crippen LogP contribution in [0.2, 0.25) is 0 Å². The second kappa shape index (κ2) is 18.3. The highest BCUT2D eigenvalue weighted by Gasteiger charge is 1.93. The molecule has 2 N–H and O–H groups in total. The van der Waals surface area contributed by atoms with E-state index in [2.05, 4.69) is 19.1 Å². The van der Waals surface area contributed by atoms with E-state index in [1.807, 2.05) is 0 Å². The van der Waals surface area contributed by atoms with E-state index in [1.165, 1.54) is 83.5 Å². The molecule has 0 rings (SSSR count). The number of primary amides is 1. The molecule has 0 saturated heterocycles. The molecule has 0 fully saturated rings. The van der Waals surface area contributed by atoms with Crippen LogP contribution in [0.4, 0.5) is 0 Å². The molecule has 0 saturated carbocycles. The van der Waals surface area contributed by atoms with E-state index in [1.54, 1.807) is 0 Å². The fraction of sp³-hybridized carbons (Fsp3) is 0.850. The first kappa shape index (κ1) is 21.2. The first-order chi connectivity index (χ1) is 10.8. The van der Waals surface area contributed by atoms with E-state index in [0.29, 0.717) is 6.42 Å². The van der Waals surface area contributed by atoms with E-state index in [0.717, 1.165) is 12.8 Å². The second-order valence-corrected chi connectivity index (χ2v) is 6.51. The van der Waals surface area contributed by atoms with Crippen molar-refractivity contribution in [2.24, 2.45) is 5.73 Å². The number of hydrogen-bond donors (Lipinski definition) is 1. The van der Waals surface area contributed by atoms with Crippen molar-refractivity contribution in [3.63, 3.8) is 0 Å². The van der Waals surface area contributed by atoms with E-state index in [4.69, 9.17) is 5.73 Å². The molecule has 0 aliphatic carbocycles. The maximum Gasteiger partial charge on any atom is 0.217 e. The van der Waals surface area contributed by atoms with E-state index in [-0.39, 0.29) is 5.91 Å². The highest BCUT2D eigenvalue weighted by Crippen LogP contribution is 2.12. The summed E-state index contributed by atoms with van der Waals surface area (Å²) >= 11 is 0. The van der Waals surface area contributed by atoms with Gasteiger partial charge in [-0.15, -0.1) is 0 Å². The van der Waals surface area contributed by atoms with Crippen molar-refractivity contribution in [3.05, 3.63) is 12.2 Å². The number of hydrogen-bond acceptors (Lipinski definition) is 1. The summed E-state index contributed by atoms with van der Waals surface area (Å²) < 4.78 is 0. The lowest BCUT2D eigenvalue weighted by Crippen LogP contribution is -2.09. The van der Waals surface area contributed by atoms with Crippen molar-refractivity contribution in [2.45, 2.75) is 110 Å². The molecule has 0 aromatic heterocycles. The lowest BCUT2D eigenvalue weighted by atomic mass is 10.0. The molecule has 2 nitrogen and oxygen atoms in total. The number of rotatable bonds is 17. The smallest absolute Gasteiger partial charge is 0.217 e. The molecule has 0 atom stereocenters. The summed E-state index contributed by atoms with van der Waals surface area (Å²) in [6.07, 6.45) is 24.9. The third-order valence-electron chi connectivity index (χ3n) is 4.18. The topological polar surface area (TPSA) is 43.1 Å². The van der Waals surface area contributed by atoms with Gasteiger partial charge in [0.25, 0.3) is 0 Å². The first-order valence-corrected chi connectivity index (χ1v) is 9.70. The normalized spacial score (nSPS) is 11.3. The Kier molecular flexibility index (Phi) is 17.6. The van der Waals surface area contributed by atoms with Gasteiger partial charge in [0.1, 0.15) is 0 Å². The van der Waals surface area contributed by atoms with Gasteiger partial charge in [0.15, 0.2) is 0 Å². The minimum absolute atomic E-state index is 0.186. The molecule has 2 heteroatoms. The lowest BCUT2D eigenvalue weighted by molar-refractivity contribution is -0.118. The van der Waals surface area contributed by atoms with Gasteiger partial charge in [-0.1, -0.05) is 89.7 Å². The molecular weight excluding hydrogens is 270 g/mol. The van der Waals surface area contributed by atoms with E-state index >= 15 is 0 Å². The van der Waals surface area contributed by atoms with Gasteiger partial charge in [-0.25, -0.2) is 0 Å². The summed E-state index contributed by atoms with van der Waals surface area (Å²) in [6.45, 7) is 2.28. The Morgan fingerprint density at radius 2 is 1.09 bits per heavy atom. The van der Waals surface area contributed by atoms with Gasteiger partial charge in [0, 0.05) is 6.42 Å². The number of unbranched alkanes of at least 4 members (excludes halogenated alkanes) is 13. The Morgan fingerprint density at radius 1 is 0.682 bits per heavy atom. The fourth-order valence-corrected chi connectivity index (χ4v) is 2.73. The Morgan fingerprint density at radius 3 is 1.55 bits per heavy atom. The summed E-state index contributed by atoms with van der Waals surface area (Å²) in [5.74, 6) is -0.186. The minimum atomic E-state index is -0.186. The maximum atomic E-state index is 10.6. The van der Waals surface area contributed by atoms with Crippen molar-refractivity contribution in [3.8, 4) is 0 Å². The molecule has 1 amide bonds. The van der Waals surface area contributed by atoms with Gasteiger partial charge in [-0.2, -0.15) is 0 Å². The van der Waals surface area contributed by atoms with Gasteiger partial charge < -0.3 is 5.73 Å². The van der Waals surface area contributed by atoms with Crippen LogP contribution in [0.1, 0.15) is 110 Å². The van der Waals surface area contributed by atoms with Gasteiger partial charge >= 0.3 is 0 Å². The predicted octanol–water partition coefficient (Wildman–Crippen LogP) is 6.29. The quantitative estimate of drug-likeness (QED) is 0.249.